The molecule has 2 rings (SSSR count). The first-order valence-electron chi connectivity index (χ1n) is 8.47. The number of cyclic esters (lactones) is 1. The number of esters is 1. The van der Waals surface area contributed by atoms with E-state index in [0.717, 1.165) is 24.8 Å². The third-order valence-electron chi connectivity index (χ3n) is 4.03. The molecule has 24 heavy (non-hydrogen) atoms. The van der Waals surface area contributed by atoms with E-state index in [0.29, 0.717) is 12.8 Å². The minimum absolute atomic E-state index is 0.173. The molecule has 5 heteroatoms. The van der Waals surface area contributed by atoms with Crippen molar-refractivity contribution >= 4 is 12.1 Å². The summed E-state index contributed by atoms with van der Waals surface area (Å²) in [4.78, 5) is 26.0. The van der Waals surface area contributed by atoms with Gasteiger partial charge in [0.05, 0.1) is 0 Å². The van der Waals surface area contributed by atoms with Crippen molar-refractivity contribution in [1.29, 1.82) is 0 Å². The maximum Gasteiger partial charge on any atom is 0.413 e. The molecule has 2 atom stereocenters. The van der Waals surface area contributed by atoms with Crippen LogP contribution in [0, 0.1) is 0 Å². The number of amides is 1. The van der Waals surface area contributed by atoms with Gasteiger partial charge in [-0.05, 0) is 18.4 Å². The summed E-state index contributed by atoms with van der Waals surface area (Å²) in [6.07, 6.45) is 4.56. The summed E-state index contributed by atoms with van der Waals surface area (Å²) in [6.45, 7) is 5.94. The first-order valence-corrected chi connectivity index (χ1v) is 8.47. The molecule has 0 aromatic heterocycles. The summed E-state index contributed by atoms with van der Waals surface area (Å²) in [5, 5.41) is 0. The molecule has 0 saturated carbocycles. The van der Waals surface area contributed by atoms with Gasteiger partial charge in [-0.1, -0.05) is 56.2 Å². The molecule has 0 bridgehead atoms. The third kappa shape index (κ3) is 4.60. The van der Waals surface area contributed by atoms with Crippen molar-refractivity contribution in [2.75, 3.05) is 0 Å². The summed E-state index contributed by atoms with van der Waals surface area (Å²) < 4.78 is 10.8. The standard InChI is InChI=1S/C19H25NO4/c1-3-5-7-13-17-20(16(10-4-2)18(21)24-17)19(22)23-14-15-11-8-6-9-12-15/h4,6,8-9,11-12,16-17H,2-3,5,7,10,13-14H2,1H3. The van der Waals surface area contributed by atoms with Crippen LogP contribution in [-0.2, 0) is 20.9 Å². The quantitative estimate of drug-likeness (QED) is 0.410. The minimum atomic E-state index is -0.641. The van der Waals surface area contributed by atoms with Gasteiger partial charge in [-0.25, -0.2) is 9.59 Å². The zero-order chi connectivity index (χ0) is 17.4. The number of hydrogen-bond acceptors (Lipinski definition) is 4. The molecule has 5 nitrogen and oxygen atoms in total. The summed E-state index contributed by atoms with van der Waals surface area (Å²) in [7, 11) is 0. The molecule has 1 aromatic rings. The SMILES string of the molecule is C=CCC1C(=O)OC(CCCCC)N1C(=O)OCc1ccccc1. The highest BCUT2D eigenvalue weighted by atomic mass is 16.6. The largest absolute Gasteiger partial charge is 0.444 e. The molecule has 1 aromatic carbocycles. The molecule has 2 unspecified atom stereocenters. The van der Waals surface area contributed by atoms with Crippen LogP contribution in [0.5, 0.6) is 0 Å². The van der Waals surface area contributed by atoms with E-state index in [1.165, 1.54) is 4.90 Å². The molecule has 1 aliphatic heterocycles. The lowest BCUT2D eigenvalue weighted by Crippen LogP contribution is -2.42. The van der Waals surface area contributed by atoms with E-state index >= 15 is 0 Å². The van der Waals surface area contributed by atoms with Gasteiger partial charge < -0.3 is 9.47 Å². The number of nitrogens with zero attached hydrogens (tertiary/aromatic N) is 1. The van der Waals surface area contributed by atoms with Crippen molar-refractivity contribution < 1.29 is 19.1 Å². The average molecular weight is 331 g/mol. The normalized spacial score (nSPS) is 19.9. The first-order chi connectivity index (χ1) is 11.7. The zero-order valence-electron chi connectivity index (χ0n) is 14.1. The summed E-state index contributed by atoms with van der Waals surface area (Å²) in [5.74, 6) is -0.381. The van der Waals surface area contributed by atoms with Crippen molar-refractivity contribution in [2.45, 2.75) is 57.9 Å². The highest BCUT2D eigenvalue weighted by Crippen LogP contribution is 2.26. The lowest BCUT2D eigenvalue weighted by atomic mass is 10.1. The fourth-order valence-corrected chi connectivity index (χ4v) is 2.76. The summed E-state index contributed by atoms with van der Waals surface area (Å²) >= 11 is 0. The predicted octanol–water partition coefficient (Wildman–Crippen LogP) is 4.03. The van der Waals surface area contributed by atoms with Crippen molar-refractivity contribution in [3.8, 4) is 0 Å². The van der Waals surface area contributed by atoms with Gasteiger partial charge in [-0.2, -0.15) is 0 Å². The van der Waals surface area contributed by atoms with Crippen LogP contribution in [0.4, 0.5) is 4.79 Å². The second kappa shape index (κ2) is 9.11. The number of rotatable bonds is 8. The smallest absolute Gasteiger partial charge is 0.413 e. The molecule has 0 radical (unpaired) electrons. The molecular formula is C19H25NO4. The Morgan fingerprint density at radius 1 is 1.33 bits per heavy atom. The molecule has 1 amide bonds. The van der Waals surface area contributed by atoms with Crippen LogP contribution >= 0.6 is 0 Å². The number of hydrogen-bond donors (Lipinski definition) is 0. The minimum Gasteiger partial charge on any atom is -0.444 e. The number of unbranched alkanes of at least 4 members (excludes halogenated alkanes) is 2. The lowest BCUT2D eigenvalue weighted by Gasteiger charge is -2.25. The number of ether oxygens (including phenoxy) is 2. The van der Waals surface area contributed by atoms with E-state index in [1.807, 2.05) is 30.3 Å². The van der Waals surface area contributed by atoms with E-state index in [9.17, 15) is 9.59 Å². The van der Waals surface area contributed by atoms with Gasteiger partial charge >= 0.3 is 12.1 Å². The molecule has 0 N–H and O–H groups in total. The maximum atomic E-state index is 12.5. The van der Waals surface area contributed by atoms with Crippen LogP contribution in [0.3, 0.4) is 0 Å². The topological polar surface area (TPSA) is 55.8 Å². The molecule has 1 saturated heterocycles. The van der Waals surface area contributed by atoms with Crippen molar-refractivity contribution in [3.63, 3.8) is 0 Å². The molecule has 1 fully saturated rings. The molecule has 1 aliphatic rings. The molecule has 0 aliphatic carbocycles. The van der Waals surface area contributed by atoms with Gasteiger partial charge in [-0.3, -0.25) is 4.90 Å². The van der Waals surface area contributed by atoms with E-state index in [2.05, 4.69) is 13.5 Å². The molecule has 0 spiro atoms. The second-order valence-corrected chi connectivity index (χ2v) is 5.87. The Morgan fingerprint density at radius 3 is 2.75 bits per heavy atom. The van der Waals surface area contributed by atoms with Crippen LogP contribution < -0.4 is 0 Å². The van der Waals surface area contributed by atoms with Gasteiger partial charge in [0, 0.05) is 6.42 Å². The number of carbonyl (C=O) groups is 2. The third-order valence-corrected chi connectivity index (χ3v) is 4.03. The maximum absolute atomic E-state index is 12.5. The van der Waals surface area contributed by atoms with Crippen molar-refractivity contribution in [2.24, 2.45) is 0 Å². The summed E-state index contributed by atoms with van der Waals surface area (Å²) in [5.41, 5.74) is 0.903. The van der Waals surface area contributed by atoms with Crippen LogP contribution in [-0.4, -0.2) is 29.2 Å². The monoisotopic (exact) mass is 331 g/mol. The highest BCUT2D eigenvalue weighted by molar-refractivity contribution is 5.84. The molecular weight excluding hydrogens is 306 g/mol. The van der Waals surface area contributed by atoms with Gasteiger partial charge in [0.2, 0.25) is 0 Å². The van der Waals surface area contributed by atoms with Gasteiger partial charge in [0.1, 0.15) is 12.6 Å². The van der Waals surface area contributed by atoms with Crippen LogP contribution in [0.2, 0.25) is 0 Å². The Hall–Kier alpha value is -2.30. The number of benzene rings is 1. The Labute approximate surface area is 143 Å². The van der Waals surface area contributed by atoms with Gasteiger partial charge in [-0.15, -0.1) is 6.58 Å². The van der Waals surface area contributed by atoms with Crippen molar-refractivity contribution in [3.05, 3.63) is 48.6 Å². The Balaban J connectivity index is 2.02. The predicted molar refractivity (Wildman–Crippen MR) is 91.1 cm³/mol. The van der Waals surface area contributed by atoms with E-state index < -0.39 is 18.4 Å². The van der Waals surface area contributed by atoms with Crippen LogP contribution in [0.1, 0.15) is 44.6 Å². The fourth-order valence-electron chi connectivity index (χ4n) is 2.76. The zero-order valence-corrected chi connectivity index (χ0v) is 14.1. The fraction of sp³-hybridized carbons (Fsp3) is 0.474. The highest BCUT2D eigenvalue weighted by Gasteiger charge is 2.44. The Bertz CT molecular complexity index is 558. The lowest BCUT2D eigenvalue weighted by molar-refractivity contribution is -0.142. The van der Waals surface area contributed by atoms with Gasteiger partial charge in [0.15, 0.2) is 6.23 Å². The average Bonchev–Trinajstić information content (AvgIpc) is 2.90. The van der Waals surface area contributed by atoms with E-state index in [4.69, 9.17) is 9.47 Å². The Morgan fingerprint density at radius 2 is 2.08 bits per heavy atom. The van der Waals surface area contributed by atoms with E-state index in [1.54, 1.807) is 6.08 Å². The van der Waals surface area contributed by atoms with Gasteiger partial charge in [0.25, 0.3) is 0 Å². The first kappa shape index (κ1) is 18.0. The number of carbonyl (C=O) groups excluding carboxylic acids is 2. The Kier molecular flexibility index (Phi) is 6.85. The molecule has 1 heterocycles. The second-order valence-electron chi connectivity index (χ2n) is 5.87. The van der Waals surface area contributed by atoms with Crippen LogP contribution in [0.25, 0.3) is 0 Å². The van der Waals surface area contributed by atoms with Crippen molar-refractivity contribution in [1.82, 2.24) is 4.90 Å². The molecule has 130 valence electrons. The van der Waals surface area contributed by atoms with Crippen LogP contribution in [0.15, 0.2) is 43.0 Å². The summed E-state index contributed by atoms with van der Waals surface area (Å²) in [6, 6.07) is 8.82. The van der Waals surface area contributed by atoms with E-state index in [-0.39, 0.29) is 12.6 Å².